The number of aromatic amines is 2. The third-order valence-corrected chi connectivity index (χ3v) is 9.77. The fourth-order valence-corrected chi connectivity index (χ4v) is 6.59. The molecule has 1 saturated carbocycles. The normalized spacial score (nSPS) is 15.2. The van der Waals surface area contributed by atoms with Gasteiger partial charge in [-0.1, -0.05) is 36.4 Å². The lowest BCUT2D eigenvalue weighted by Gasteiger charge is -2.23. The van der Waals surface area contributed by atoms with E-state index < -0.39 is 0 Å². The van der Waals surface area contributed by atoms with Crippen LogP contribution in [0.25, 0.3) is 44.7 Å². The number of hydrogen-bond acceptors (Lipinski definition) is 8. The molecule has 0 spiro atoms. The predicted octanol–water partition coefficient (Wildman–Crippen LogP) is 4.95. The van der Waals surface area contributed by atoms with E-state index in [1.165, 1.54) is 7.11 Å². The monoisotopic (exact) mass is 730 g/mol. The quantitative estimate of drug-likeness (QED) is 0.0609. The topological polar surface area (TPSA) is 182 Å². The minimum atomic E-state index is -0.289. The molecule has 1 atom stereocenters. The zero-order chi connectivity index (χ0) is 37.4. The number of aryl methyl sites for hydroxylation is 1. The van der Waals surface area contributed by atoms with Crippen molar-refractivity contribution in [1.29, 1.82) is 0 Å². The Kier molecular flexibility index (Phi) is 11.2. The van der Waals surface area contributed by atoms with E-state index >= 15 is 0 Å². The molecule has 1 aliphatic carbocycles. The SMILES string of the molecule is C=C(NCC(=O)NCCCCc1ncc(-c2ccc3nc(-c4ccc(-c5cnc(C6CCCN6C(=O)CNC(=O)NC6CC6)[nH]5)cc4)ccc3c2)[nH]1)OC. The molecule has 2 fully saturated rings. The van der Waals surface area contributed by atoms with E-state index in [-0.39, 0.29) is 43.0 Å². The van der Waals surface area contributed by atoms with Crippen LogP contribution in [0.1, 0.15) is 56.2 Å². The maximum atomic E-state index is 13.0. The number of fused-ring (bicyclic) bond motifs is 1. The minimum Gasteiger partial charge on any atom is -0.483 e. The standard InChI is InChI=1S/C40H46N10O4/c1-25(54-2)42-23-37(51)41-18-4-3-7-36-43-21-34(48-36)29-13-17-32-28(20-29)12-16-31(47-32)26-8-10-27(11-9-26)33-22-44-39(49-33)35-6-5-19-50(35)38(52)24-45-40(53)46-30-14-15-30/h8-13,16-17,20-22,30,35,42H,1,3-7,14-15,18-19,23-24H2,2H3,(H,41,51)(H,43,48)(H,44,49)(H2,45,46,53). The van der Waals surface area contributed by atoms with Crippen molar-refractivity contribution in [2.45, 2.75) is 57.0 Å². The molecule has 1 aliphatic heterocycles. The van der Waals surface area contributed by atoms with Crippen LogP contribution in [0.15, 0.2) is 79.5 Å². The highest BCUT2D eigenvalue weighted by Crippen LogP contribution is 2.32. The summed E-state index contributed by atoms with van der Waals surface area (Å²) in [6, 6.07) is 18.3. The van der Waals surface area contributed by atoms with Gasteiger partial charge in [0, 0.05) is 42.1 Å². The summed E-state index contributed by atoms with van der Waals surface area (Å²) in [5, 5.41) is 12.3. The van der Waals surface area contributed by atoms with Gasteiger partial charge in [-0.05, 0) is 68.9 Å². The van der Waals surface area contributed by atoms with Crippen LogP contribution < -0.4 is 21.3 Å². The summed E-state index contributed by atoms with van der Waals surface area (Å²) in [5.74, 6) is 1.81. The average Bonchev–Trinajstić information content (AvgIpc) is 3.55. The first-order valence-corrected chi connectivity index (χ1v) is 18.5. The number of urea groups is 1. The van der Waals surface area contributed by atoms with E-state index in [2.05, 4.69) is 78.1 Å². The number of H-pyrrole nitrogens is 2. The molecule has 4 heterocycles. The summed E-state index contributed by atoms with van der Waals surface area (Å²) in [4.78, 5) is 59.7. The molecule has 5 aromatic rings. The van der Waals surface area contributed by atoms with Crippen molar-refractivity contribution in [2.75, 3.05) is 33.3 Å². The Labute approximate surface area is 313 Å². The second-order valence-electron chi connectivity index (χ2n) is 13.7. The number of hydrogen-bond donors (Lipinski definition) is 6. The number of methoxy groups -OCH3 is 1. The number of unbranched alkanes of at least 4 members (excludes halogenated alkanes) is 1. The largest absolute Gasteiger partial charge is 0.483 e. The molecule has 6 N–H and O–H groups in total. The second-order valence-corrected chi connectivity index (χ2v) is 13.7. The van der Waals surface area contributed by atoms with Crippen LogP contribution in [-0.4, -0.2) is 87.0 Å². The number of imidazole rings is 2. The molecule has 2 aliphatic rings. The Morgan fingerprint density at radius 1 is 0.870 bits per heavy atom. The number of nitrogens with zero attached hydrogens (tertiary/aromatic N) is 4. The molecule has 1 unspecified atom stereocenters. The molecule has 7 rings (SSSR count). The molecule has 3 aromatic heterocycles. The third-order valence-electron chi connectivity index (χ3n) is 9.77. The lowest BCUT2D eigenvalue weighted by atomic mass is 10.0. The summed E-state index contributed by atoms with van der Waals surface area (Å²) in [6.45, 7) is 4.97. The van der Waals surface area contributed by atoms with Gasteiger partial charge in [0.25, 0.3) is 0 Å². The third kappa shape index (κ3) is 9.06. The van der Waals surface area contributed by atoms with Crippen LogP contribution in [0, 0.1) is 0 Å². The molecule has 1 saturated heterocycles. The number of likely N-dealkylation sites (tertiary alicyclic amines) is 1. The average molecular weight is 731 g/mol. The maximum absolute atomic E-state index is 13.0. The molecular formula is C40H46N10O4. The predicted molar refractivity (Wildman–Crippen MR) is 206 cm³/mol. The van der Waals surface area contributed by atoms with E-state index in [0.29, 0.717) is 19.0 Å². The van der Waals surface area contributed by atoms with Crippen molar-refractivity contribution in [3.63, 3.8) is 0 Å². The van der Waals surface area contributed by atoms with Gasteiger partial charge in [0.05, 0.1) is 61.2 Å². The van der Waals surface area contributed by atoms with Gasteiger partial charge >= 0.3 is 6.03 Å². The van der Waals surface area contributed by atoms with Crippen molar-refractivity contribution in [3.8, 4) is 33.8 Å². The van der Waals surface area contributed by atoms with Gasteiger partial charge in [-0.2, -0.15) is 0 Å². The number of benzene rings is 2. The Hall–Kier alpha value is -6.18. The van der Waals surface area contributed by atoms with Crippen molar-refractivity contribution >= 4 is 28.7 Å². The number of nitrogens with one attached hydrogen (secondary N) is 6. The molecule has 14 heteroatoms. The van der Waals surface area contributed by atoms with Gasteiger partial charge in [-0.3, -0.25) is 9.59 Å². The lowest BCUT2D eigenvalue weighted by molar-refractivity contribution is -0.131. The second kappa shape index (κ2) is 16.7. The Morgan fingerprint density at radius 3 is 2.46 bits per heavy atom. The van der Waals surface area contributed by atoms with Crippen molar-refractivity contribution in [3.05, 3.63) is 91.1 Å². The van der Waals surface area contributed by atoms with Crippen LogP contribution in [0.5, 0.6) is 0 Å². The highest BCUT2D eigenvalue weighted by Gasteiger charge is 2.32. The van der Waals surface area contributed by atoms with Gasteiger partial charge < -0.3 is 40.9 Å². The molecule has 4 amide bonds. The van der Waals surface area contributed by atoms with Gasteiger partial charge in [-0.15, -0.1) is 0 Å². The number of amides is 4. The van der Waals surface area contributed by atoms with Crippen LogP contribution >= 0.6 is 0 Å². The van der Waals surface area contributed by atoms with Crippen LogP contribution in [0.2, 0.25) is 0 Å². The molecule has 2 aromatic carbocycles. The Balaban J connectivity index is 0.915. The van der Waals surface area contributed by atoms with E-state index in [1.807, 2.05) is 36.7 Å². The minimum absolute atomic E-state index is 0.0300. The summed E-state index contributed by atoms with van der Waals surface area (Å²) in [5.41, 5.74) is 6.63. The van der Waals surface area contributed by atoms with E-state index in [1.54, 1.807) is 4.90 Å². The van der Waals surface area contributed by atoms with Crippen molar-refractivity contribution in [1.82, 2.24) is 51.1 Å². The summed E-state index contributed by atoms with van der Waals surface area (Å²) in [6.07, 6.45) is 9.89. The number of ether oxygens (including phenoxy) is 1. The number of aromatic nitrogens is 5. The highest BCUT2D eigenvalue weighted by molar-refractivity contribution is 5.86. The van der Waals surface area contributed by atoms with Crippen LogP contribution in [0.4, 0.5) is 4.79 Å². The van der Waals surface area contributed by atoms with E-state index in [9.17, 15) is 14.4 Å². The first-order chi connectivity index (χ1) is 26.3. The maximum Gasteiger partial charge on any atom is 0.315 e. The highest BCUT2D eigenvalue weighted by atomic mass is 16.5. The van der Waals surface area contributed by atoms with Crippen LogP contribution in [-0.2, 0) is 20.7 Å². The van der Waals surface area contributed by atoms with Crippen molar-refractivity contribution < 1.29 is 19.1 Å². The van der Waals surface area contributed by atoms with Gasteiger partial charge in [-0.25, -0.2) is 19.7 Å². The molecule has 280 valence electrons. The number of carbonyl (C=O) groups excluding carboxylic acids is 3. The smallest absolute Gasteiger partial charge is 0.315 e. The number of pyridine rings is 1. The fraction of sp³-hybridized carbons (Fsp3) is 0.350. The fourth-order valence-electron chi connectivity index (χ4n) is 6.59. The van der Waals surface area contributed by atoms with Gasteiger partial charge in [0.15, 0.2) is 5.88 Å². The van der Waals surface area contributed by atoms with E-state index in [4.69, 9.17) is 9.72 Å². The zero-order valence-corrected chi connectivity index (χ0v) is 30.4. The van der Waals surface area contributed by atoms with Crippen molar-refractivity contribution in [2.24, 2.45) is 0 Å². The van der Waals surface area contributed by atoms with E-state index in [0.717, 1.165) is 101 Å². The molecule has 0 radical (unpaired) electrons. The molecule has 54 heavy (non-hydrogen) atoms. The molecule has 14 nitrogen and oxygen atoms in total. The summed E-state index contributed by atoms with van der Waals surface area (Å²) >= 11 is 0. The summed E-state index contributed by atoms with van der Waals surface area (Å²) in [7, 11) is 1.50. The molecule has 0 bridgehead atoms. The molecular weight excluding hydrogens is 685 g/mol. The van der Waals surface area contributed by atoms with Gasteiger partial charge in [0.2, 0.25) is 11.8 Å². The van der Waals surface area contributed by atoms with Gasteiger partial charge in [0.1, 0.15) is 11.6 Å². The number of rotatable bonds is 16. The lowest BCUT2D eigenvalue weighted by Crippen LogP contribution is -2.44. The Bertz CT molecular complexity index is 2120. The van der Waals surface area contributed by atoms with Crippen LogP contribution in [0.3, 0.4) is 0 Å². The summed E-state index contributed by atoms with van der Waals surface area (Å²) < 4.78 is 4.90. The first-order valence-electron chi connectivity index (χ1n) is 18.5. The zero-order valence-electron chi connectivity index (χ0n) is 30.4. The first kappa shape index (κ1) is 36.2. The number of carbonyl (C=O) groups is 3. The Morgan fingerprint density at radius 2 is 1.65 bits per heavy atom.